The van der Waals surface area contributed by atoms with Crippen molar-refractivity contribution in [1.82, 2.24) is 9.73 Å². The smallest absolute Gasteiger partial charge is 0.416 e. The lowest BCUT2D eigenvalue weighted by Crippen LogP contribution is -2.45. The van der Waals surface area contributed by atoms with Crippen LogP contribution < -0.4 is 9.46 Å². The number of halogens is 3. The summed E-state index contributed by atoms with van der Waals surface area (Å²) < 4.78 is 79.3. The molecule has 1 atom stereocenters. The molecule has 1 unspecified atom stereocenters. The van der Waals surface area contributed by atoms with Crippen LogP contribution in [0.5, 0.6) is 5.75 Å². The Balaban J connectivity index is 1.40. The summed E-state index contributed by atoms with van der Waals surface area (Å²) in [5.41, 5.74) is -0.600. The van der Waals surface area contributed by atoms with Gasteiger partial charge in [0.1, 0.15) is 18.1 Å². The summed E-state index contributed by atoms with van der Waals surface area (Å²) in [4.78, 5) is 15.5. The number of β-amino-alcohol motifs (C(OH)–C–C–N with tert-alkyl or cyclic N) is 1. The summed E-state index contributed by atoms with van der Waals surface area (Å²) in [5.74, 6) is -0.258. The third-order valence-corrected chi connectivity index (χ3v) is 8.69. The number of nitrogens with one attached hydrogen (secondary N) is 1. The molecule has 10 nitrogen and oxygen atoms in total. The first kappa shape index (κ1) is 34.1. The number of aliphatic hydroxyl groups is 1. The lowest BCUT2D eigenvalue weighted by molar-refractivity contribution is -0.137. The number of guanidine groups is 1. The summed E-state index contributed by atoms with van der Waals surface area (Å²) in [6.07, 6.45) is -4.75. The average molecular weight is 681 g/mol. The van der Waals surface area contributed by atoms with Gasteiger partial charge in [0.05, 0.1) is 29.2 Å². The molecule has 0 aliphatic carbocycles. The fraction of sp³-hybridized carbons (Fsp3) is 0.206. The van der Waals surface area contributed by atoms with Gasteiger partial charge in [0.2, 0.25) is 5.96 Å². The molecule has 250 valence electrons. The summed E-state index contributed by atoms with van der Waals surface area (Å²) >= 11 is 0. The number of sulfonamides is 1. The Morgan fingerprint density at radius 1 is 1.00 bits per heavy atom. The molecule has 1 aliphatic heterocycles. The third-order valence-electron chi connectivity index (χ3n) is 7.37. The first-order valence-electron chi connectivity index (χ1n) is 14.6. The van der Waals surface area contributed by atoms with E-state index in [9.17, 15) is 31.5 Å². The van der Waals surface area contributed by atoms with Crippen LogP contribution in [0, 0.1) is 0 Å². The Morgan fingerprint density at radius 3 is 2.38 bits per heavy atom. The van der Waals surface area contributed by atoms with E-state index >= 15 is 0 Å². The van der Waals surface area contributed by atoms with Crippen molar-refractivity contribution < 1.29 is 41.0 Å². The second kappa shape index (κ2) is 13.9. The summed E-state index contributed by atoms with van der Waals surface area (Å²) in [6.45, 7) is 1.89. The van der Waals surface area contributed by atoms with Gasteiger partial charge in [-0.25, -0.2) is 22.9 Å². The monoisotopic (exact) mass is 680 g/mol. The molecular weight excluding hydrogens is 649 g/mol. The molecule has 4 aromatic carbocycles. The number of carbonyl (C=O) groups excluding carboxylic acids is 1. The van der Waals surface area contributed by atoms with Crippen molar-refractivity contribution >= 4 is 27.7 Å². The Bertz CT molecular complexity index is 1950. The van der Waals surface area contributed by atoms with Crippen LogP contribution in [0.3, 0.4) is 0 Å². The minimum Gasteiger partial charge on any atom is -0.489 e. The molecule has 2 N–H and O–H groups in total. The summed E-state index contributed by atoms with van der Waals surface area (Å²) in [7, 11) is -3.25. The largest absolute Gasteiger partial charge is 0.489 e. The maximum absolute atomic E-state index is 13.3. The van der Waals surface area contributed by atoms with E-state index in [1.807, 2.05) is 6.07 Å². The Hall–Kier alpha value is -5.21. The predicted octanol–water partition coefficient (Wildman–Crippen LogP) is 5.33. The number of benzene rings is 4. The molecule has 4 aromatic rings. The van der Waals surface area contributed by atoms with E-state index in [1.54, 1.807) is 79.7 Å². The number of carbonyl (C=O) groups is 1. The van der Waals surface area contributed by atoms with E-state index in [-0.39, 0.29) is 31.4 Å². The molecule has 14 heteroatoms. The molecule has 0 bridgehead atoms. The SMILES string of the molecule is CCOC(=O)c1cccc(COc2ccc(C3=NN(C(=NC)NS(=O)(=O)c4cccc(C(F)(F)F)c4)CC3(O)c3ccccc3)cc2)c1. The van der Waals surface area contributed by atoms with Crippen LogP contribution in [0.1, 0.15) is 39.5 Å². The van der Waals surface area contributed by atoms with Gasteiger partial charge in [-0.1, -0.05) is 48.5 Å². The van der Waals surface area contributed by atoms with Crippen molar-refractivity contribution in [3.63, 3.8) is 0 Å². The van der Waals surface area contributed by atoms with Crippen LogP contribution in [0.15, 0.2) is 118 Å². The van der Waals surface area contributed by atoms with E-state index in [4.69, 9.17) is 9.47 Å². The van der Waals surface area contributed by atoms with Crippen LogP contribution in [-0.4, -0.2) is 56.4 Å². The van der Waals surface area contributed by atoms with Gasteiger partial charge in [-0.05, 0) is 72.6 Å². The first-order valence-corrected chi connectivity index (χ1v) is 16.1. The lowest BCUT2D eigenvalue weighted by atomic mass is 9.86. The zero-order valence-electron chi connectivity index (χ0n) is 25.8. The van der Waals surface area contributed by atoms with Crippen LogP contribution in [0.25, 0.3) is 0 Å². The van der Waals surface area contributed by atoms with Gasteiger partial charge in [0.25, 0.3) is 10.0 Å². The molecule has 1 heterocycles. The number of aliphatic imine (C=N–C) groups is 1. The van der Waals surface area contributed by atoms with Crippen molar-refractivity contribution in [2.45, 2.75) is 30.2 Å². The molecule has 0 amide bonds. The number of alkyl halides is 3. The zero-order chi connectivity index (χ0) is 34.5. The highest BCUT2D eigenvalue weighted by Gasteiger charge is 2.45. The number of rotatable bonds is 9. The van der Waals surface area contributed by atoms with Crippen LogP contribution >= 0.6 is 0 Å². The molecule has 5 rings (SSSR count). The molecule has 0 radical (unpaired) electrons. The maximum atomic E-state index is 13.3. The number of hydrogen-bond donors (Lipinski definition) is 2. The van der Waals surface area contributed by atoms with Crippen molar-refractivity contribution in [2.24, 2.45) is 10.1 Å². The first-order chi connectivity index (χ1) is 22.8. The van der Waals surface area contributed by atoms with Crippen LogP contribution in [0.2, 0.25) is 0 Å². The Kier molecular flexibility index (Phi) is 9.87. The number of esters is 1. The topological polar surface area (TPSA) is 130 Å². The lowest BCUT2D eigenvalue weighted by Gasteiger charge is -2.26. The van der Waals surface area contributed by atoms with Crippen LogP contribution in [0.4, 0.5) is 13.2 Å². The minimum atomic E-state index is -4.75. The Labute approximate surface area is 275 Å². The Morgan fingerprint density at radius 2 is 1.71 bits per heavy atom. The number of nitrogens with zero attached hydrogens (tertiary/aromatic N) is 3. The fourth-order valence-electron chi connectivity index (χ4n) is 5.00. The van der Waals surface area contributed by atoms with Gasteiger partial charge in [-0.3, -0.25) is 4.99 Å². The molecule has 0 fully saturated rings. The standard InChI is InChI=1S/C34H31F3N4O6S/c1-3-46-31(42)25-10-7-9-23(19-25)21-47-28-17-15-24(16-18-28)30-33(43,26-11-5-4-6-12-26)22-41(39-30)32(38-2)40-48(44,45)29-14-8-13-27(20-29)34(35,36)37/h4-20,43H,3,21-22H2,1-2H3,(H,38,40). The number of ether oxygens (including phenoxy) is 2. The minimum absolute atomic E-state index is 0.164. The molecule has 0 aromatic heterocycles. The van der Waals surface area contributed by atoms with Crippen molar-refractivity contribution in [2.75, 3.05) is 20.2 Å². The van der Waals surface area contributed by atoms with E-state index < -0.39 is 38.2 Å². The summed E-state index contributed by atoms with van der Waals surface area (Å²) in [5, 5.41) is 17.7. The third kappa shape index (κ3) is 7.50. The second-order valence-corrected chi connectivity index (χ2v) is 12.3. The van der Waals surface area contributed by atoms with E-state index in [0.717, 1.165) is 28.8 Å². The molecule has 0 saturated heterocycles. The van der Waals surface area contributed by atoms with Gasteiger partial charge in [0.15, 0.2) is 5.60 Å². The average Bonchev–Trinajstić information content (AvgIpc) is 3.45. The fourth-order valence-corrected chi connectivity index (χ4v) is 6.10. The predicted molar refractivity (Wildman–Crippen MR) is 172 cm³/mol. The normalized spacial score (nSPS) is 16.8. The number of hydrogen-bond acceptors (Lipinski definition) is 8. The van der Waals surface area contributed by atoms with Crippen molar-refractivity contribution in [3.8, 4) is 5.75 Å². The molecule has 0 saturated carbocycles. The van der Waals surface area contributed by atoms with Gasteiger partial charge in [0, 0.05) is 12.6 Å². The highest BCUT2D eigenvalue weighted by atomic mass is 32.2. The maximum Gasteiger partial charge on any atom is 0.416 e. The molecular formula is C34H31F3N4O6S. The molecule has 0 spiro atoms. The van der Waals surface area contributed by atoms with Gasteiger partial charge < -0.3 is 14.6 Å². The highest BCUT2D eigenvalue weighted by molar-refractivity contribution is 7.90. The van der Waals surface area contributed by atoms with E-state index in [0.29, 0.717) is 28.5 Å². The van der Waals surface area contributed by atoms with Crippen molar-refractivity contribution in [1.29, 1.82) is 0 Å². The second-order valence-electron chi connectivity index (χ2n) is 10.6. The number of hydrazone groups is 1. The zero-order valence-corrected chi connectivity index (χ0v) is 26.6. The summed E-state index contributed by atoms with van der Waals surface area (Å²) in [6, 6.07) is 25.5. The van der Waals surface area contributed by atoms with E-state index in [2.05, 4.69) is 14.8 Å². The highest BCUT2D eigenvalue weighted by Crippen LogP contribution is 2.34. The van der Waals surface area contributed by atoms with Gasteiger partial charge in [-0.15, -0.1) is 0 Å². The van der Waals surface area contributed by atoms with Crippen LogP contribution in [-0.2, 0) is 33.1 Å². The van der Waals surface area contributed by atoms with Gasteiger partial charge >= 0.3 is 12.1 Å². The van der Waals surface area contributed by atoms with E-state index in [1.165, 1.54) is 7.05 Å². The molecule has 48 heavy (non-hydrogen) atoms. The van der Waals surface area contributed by atoms with Gasteiger partial charge in [-0.2, -0.15) is 18.3 Å². The quantitative estimate of drug-likeness (QED) is 0.139. The van der Waals surface area contributed by atoms with Crippen molar-refractivity contribution in [3.05, 3.63) is 131 Å². The molecule has 1 aliphatic rings.